The van der Waals surface area contributed by atoms with Crippen molar-refractivity contribution in [1.82, 2.24) is 10.6 Å². The Balaban J connectivity index is 0.00000312. The number of aliphatic imine (C=N–C) groups is 1. The summed E-state index contributed by atoms with van der Waals surface area (Å²) in [4.78, 5) is 4.62. The molecule has 3 N–H and O–H groups in total. The van der Waals surface area contributed by atoms with Crippen molar-refractivity contribution in [2.75, 3.05) is 6.54 Å². The van der Waals surface area contributed by atoms with Gasteiger partial charge in [-0.25, -0.2) is 4.99 Å². The quantitative estimate of drug-likeness (QED) is 0.348. The van der Waals surface area contributed by atoms with Crippen molar-refractivity contribution in [3.63, 3.8) is 0 Å². The number of guanidine groups is 1. The SMILES string of the molecule is CCNC(=NCc1cccc(O)c1)NC(C)C(C)c1ccccc1.I. The maximum absolute atomic E-state index is 9.55. The van der Waals surface area contributed by atoms with E-state index in [0.29, 0.717) is 12.5 Å². The molecule has 2 aromatic rings. The molecule has 0 aromatic heterocycles. The molecule has 0 aliphatic heterocycles. The normalized spacial score (nSPS) is 13.5. The van der Waals surface area contributed by atoms with Gasteiger partial charge in [0.25, 0.3) is 0 Å². The van der Waals surface area contributed by atoms with Crippen LogP contribution >= 0.6 is 24.0 Å². The van der Waals surface area contributed by atoms with Crippen molar-refractivity contribution in [1.29, 1.82) is 0 Å². The van der Waals surface area contributed by atoms with Gasteiger partial charge in [-0.1, -0.05) is 49.4 Å². The molecule has 0 fully saturated rings. The second-order valence-electron chi connectivity index (χ2n) is 6.00. The molecular weight excluding hydrogens is 425 g/mol. The lowest BCUT2D eigenvalue weighted by molar-refractivity contribution is 0.474. The maximum Gasteiger partial charge on any atom is 0.191 e. The molecule has 0 spiro atoms. The molecule has 2 rings (SSSR count). The van der Waals surface area contributed by atoms with Gasteiger partial charge in [0.1, 0.15) is 5.75 Å². The molecule has 2 unspecified atom stereocenters. The van der Waals surface area contributed by atoms with Gasteiger partial charge >= 0.3 is 0 Å². The van der Waals surface area contributed by atoms with Gasteiger partial charge in [0, 0.05) is 18.5 Å². The highest BCUT2D eigenvalue weighted by Crippen LogP contribution is 2.18. The molecule has 0 heterocycles. The molecule has 0 radical (unpaired) electrons. The van der Waals surface area contributed by atoms with Gasteiger partial charge < -0.3 is 15.7 Å². The minimum atomic E-state index is 0. The van der Waals surface area contributed by atoms with Crippen LogP contribution in [-0.2, 0) is 6.54 Å². The lowest BCUT2D eigenvalue weighted by Crippen LogP contribution is -2.44. The van der Waals surface area contributed by atoms with Gasteiger partial charge in [0.15, 0.2) is 5.96 Å². The van der Waals surface area contributed by atoms with Crippen LogP contribution in [-0.4, -0.2) is 23.7 Å². The fourth-order valence-electron chi connectivity index (χ4n) is 2.53. The maximum atomic E-state index is 9.55. The van der Waals surface area contributed by atoms with Crippen LogP contribution in [0.15, 0.2) is 59.6 Å². The standard InChI is InChI=1S/C20H27N3O.HI/c1-4-21-20(22-14-17-9-8-12-19(24)13-17)23-16(3)15(2)18-10-6-5-7-11-18;/h5-13,15-16,24H,4,14H2,1-3H3,(H2,21,22,23);1H. The predicted molar refractivity (Wildman–Crippen MR) is 116 cm³/mol. The fraction of sp³-hybridized carbons (Fsp3) is 0.350. The van der Waals surface area contributed by atoms with E-state index in [9.17, 15) is 5.11 Å². The molecule has 4 nitrogen and oxygen atoms in total. The Bertz CT molecular complexity index is 661. The molecular formula is C20H28IN3O. The summed E-state index contributed by atoms with van der Waals surface area (Å²) in [6.07, 6.45) is 0. The zero-order valence-electron chi connectivity index (χ0n) is 15.1. The second kappa shape index (κ2) is 11.0. The molecule has 0 saturated carbocycles. The van der Waals surface area contributed by atoms with Crippen molar-refractivity contribution in [3.8, 4) is 5.75 Å². The van der Waals surface area contributed by atoms with Crippen LogP contribution in [0.1, 0.15) is 37.8 Å². The van der Waals surface area contributed by atoms with Crippen molar-refractivity contribution >= 4 is 29.9 Å². The minimum Gasteiger partial charge on any atom is -0.508 e. The number of aromatic hydroxyl groups is 1. The number of nitrogens with one attached hydrogen (secondary N) is 2. The van der Waals surface area contributed by atoms with Crippen LogP contribution in [0.4, 0.5) is 0 Å². The van der Waals surface area contributed by atoms with Crippen molar-refractivity contribution < 1.29 is 5.11 Å². The Morgan fingerprint density at radius 1 is 1.08 bits per heavy atom. The van der Waals surface area contributed by atoms with Crippen LogP contribution in [0.2, 0.25) is 0 Å². The van der Waals surface area contributed by atoms with Crippen molar-refractivity contribution in [2.45, 2.75) is 39.3 Å². The molecule has 0 aliphatic carbocycles. The third-order valence-corrected chi connectivity index (χ3v) is 4.11. The van der Waals surface area contributed by atoms with Gasteiger partial charge in [-0.3, -0.25) is 0 Å². The van der Waals surface area contributed by atoms with Crippen molar-refractivity contribution in [2.24, 2.45) is 4.99 Å². The van der Waals surface area contributed by atoms with E-state index in [2.05, 4.69) is 60.7 Å². The van der Waals surface area contributed by atoms with Gasteiger partial charge in [-0.05, 0) is 37.1 Å². The third-order valence-electron chi connectivity index (χ3n) is 4.11. The number of benzene rings is 2. The number of nitrogens with zero attached hydrogens (tertiary/aromatic N) is 1. The highest BCUT2D eigenvalue weighted by Gasteiger charge is 2.15. The van der Waals surface area contributed by atoms with E-state index in [0.717, 1.165) is 18.1 Å². The Hall–Kier alpha value is -1.76. The monoisotopic (exact) mass is 453 g/mol. The molecule has 0 saturated heterocycles. The van der Waals surface area contributed by atoms with E-state index in [1.54, 1.807) is 12.1 Å². The Labute approximate surface area is 167 Å². The number of hydrogen-bond donors (Lipinski definition) is 3. The summed E-state index contributed by atoms with van der Waals surface area (Å²) in [5.74, 6) is 1.43. The lowest BCUT2D eigenvalue weighted by Gasteiger charge is -2.24. The summed E-state index contributed by atoms with van der Waals surface area (Å²) < 4.78 is 0. The highest BCUT2D eigenvalue weighted by atomic mass is 127. The first-order valence-electron chi connectivity index (χ1n) is 8.48. The van der Waals surface area contributed by atoms with Crippen LogP contribution in [0.3, 0.4) is 0 Å². The lowest BCUT2D eigenvalue weighted by atomic mass is 9.94. The first-order chi connectivity index (χ1) is 11.6. The van der Waals surface area contributed by atoms with Crippen molar-refractivity contribution in [3.05, 3.63) is 65.7 Å². The molecule has 5 heteroatoms. The number of rotatable bonds is 6. The van der Waals surface area contributed by atoms with E-state index in [1.807, 2.05) is 18.2 Å². The van der Waals surface area contributed by atoms with E-state index in [4.69, 9.17) is 0 Å². The van der Waals surface area contributed by atoms with E-state index < -0.39 is 0 Å². The zero-order chi connectivity index (χ0) is 17.4. The van der Waals surface area contributed by atoms with Crippen LogP contribution < -0.4 is 10.6 Å². The Morgan fingerprint density at radius 3 is 2.44 bits per heavy atom. The first-order valence-corrected chi connectivity index (χ1v) is 8.48. The Kier molecular flexibility index (Phi) is 9.34. The second-order valence-corrected chi connectivity index (χ2v) is 6.00. The van der Waals surface area contributed by atoms with Crippen LogP contribution in [0.5, 0.6) is 5.75 Å². The highest BCUT2D eigenvalue weighted by molar-refractivity contribution is 14.0. The van der Waals surface area contributed by atoms with Crippen LogP contribution in [0, 0.1) is 0 Å². The van der Waals surface area contributed by atoms with Gasteiger partial charge in [-0.15, -0.1) is 24.0 Å². The van der Waals surface area contributed by atoms with E-state index in [1.165, 1.54) is 5.56 Å². The molecule has 0 bridgehead atoms. The minimum absolute atomic E-state index is 0. The molecule has 25 heavy (non-hydrogen) atoms. The summed E-state index contributed by atoms with van der Waals surface area (Å²) in [7, 11) is 0. The fourth-order valence-corrected chi connectivity index (χ4v) is 2.53. The summed E-state index contributed by atoms with van der Waals surface area (Å²) in [6.45, 7) is 7.76. The Morgan fingerprint density at radius 2 is 1.80 bits per heavy atom. The summed E-state index contributed by atoms with van der Waals surface area (Å²) >= 11 is 0. The first kappa shape index (κ1) is 21.3. The molecule has 2 atom stereocenters. The number of phenolic OH excluding ortho intramolecular Hbond substituents is 1. The zero-order valence-corrected chi connectivity index (χ0v) is 17.4. The summed E-state index contributed by atoms with van der Waals surface area (Å²) in [5.41, 5.74) is 2.29. The summed E-state index contributed by atoms with van der Waals surface area (Å²) in [6, 6.07) is 17.9. The number of halogens is 1. The average Bonchev–Trinajstić information content (AvgIpc) is 2.60. The molecule has 0 aliphatic rings. The van der Waals surface area contributed by atoms with Gasteiger partial charge in [0.05, 0.1) is 6.54 Å². The van der Waals surface area contributed by atoms with Gasteiger partial charge in [-0.2, -0.15) is 0 Å². The number of phenols is 1. The third kappa shape index (κ3) is 6.94. The van der Waals surface area contributed by atoms with Gasteiger partial charge in [0.2, 0.25) is 0 Å². The van der Waals surface area contributed by atoms with Crippen LogP contribution in [0.25, 0.3) is 0 Å². The van der Waals surface area contributed by atoms with E-state index >= 15 is 0 Å². The molecule has 0 amide bonds. The predicted octanol–water partition coefficient (Wildman–Crippen LogP) is 4.26. The number of hydrogen-bond acceptors (Lipinski definition) is 2. The topological polar surface area (TPSA) is 56.7 Å². The molecule has 136 valence electrons. The smallest absolute Gasteiger partial charge is 0.191 e. The summed E-state index contributed by atoms with van der Waals surface area (Å²) in [5, 5.41) is 16.3. The largest absolute Gasteiger partial charge is 0.508 e. The van der Waals surface area contributed by atoms with E-state index in [-0.39, 0.29) is 35.8 Å². The molecule has 2 aromatic carbocycles. The average molecular weight is 453 g/mol.